The van der Waals surface area contributed by atoms with Gasteiger partial charge in [0.25, 0.3) is 0 Å². The second kappa shape index (κ2) is 6.23. The largest absolute Gasteiger partial charge is 0.207 e. The highest BCUT2D eigenvalue weighted by Crippen LogP contribution is 2.55. The average Bonchev–Trinajstić information content (AvgIpc) is 2.81. The topological polar surface area (TPSA) is 0 Å². The fourth-order valence-corrected chi connectivity index (χ4v) is 4.46. The van der Waals surface area contributed by atoms with E-state index in [2.05, 4.69) is 13.8 Å². The molecule has 2 rings (SSSR count). The minimum Gasteiger partial charge on any atom is -0.207 e. The first-order valence-corrected chi connectivity index (χ1v) is 8.27. The van der Waals surface area contributed by atoms with Gasteiger partial charge < -0.3 is 0 Å². The maximum atomic E-state index is 13.6. The first kappa shape index (κ1) is 16.1. The van der Waals surface area contributed by atoms with Gasteiger partial charge in [0.05, 0.1) is 5.38 Å². The van der Waals surface area contributed by atoms with Crippen LogP contribution in [0.2, 0.25) is 5.02 Å². The Morgan fingerprint density at radius 1 is 1.25 bits per heavy atom. The number of benzene rings is 1. The monoisotopic (exact) mass is 316 g/mol. The molecule has 0 saturated heterocycles. The van der Waals surface area contributed by atoms with Gasteiger partial charge in [0.15, 0.2) is 0 Å². The third kappa shape index (κ3) is 3.14. The first-order chi connectivity index (χ1) is 9.35. The van der Waals surface area contributed by atoms with Crippen LogP contribution in [0, 0.1) is 24.1 Å². The molecule has 1 fully saturated rings. The lowest BCUT2D eigenvalue weighted by Gasteiger charge is -2.36. The second-order valence-corrected chi connectivity index (χ2v) is 7.50. The lowest BCUT2D eigenvalue weighted by molar-refractivity contribution is 0.223. The maximum absolute atomic E-state index is 13.6. The predicted molar refractivity (Wildman–Crippen MR) is 85.1 cm³/mol. The SMILES string of the molecule is Cc1cc(C(Cl)C2(CC(C)C)CCCC2)c(Cl)cc1F. The van der Waals surface area contributed by atoms with Gasteiger partial charge in [0.1, 0.15) is 5.82 Å². The lowest BCUT2D eigenvalue weighted by atomic mass is 9.73. The fraction of sp³-hybridized carbons (Fsp3) is 0.647. The molecule has 0 spiro atoms. The van der Waals surface area contributed by atoms with Crippen LogP contribution in [0.5, 0.6) is 0 Å². The zero-order valence-corrected chi connectivity index (χ0v) is 14.0. The fourth-order valence-electron chi connectivity index (χ4n) is 3.66. The summed E-state index contributed by atoms with van der Waals surface area (Å²) in [4.78, 5) is 0. The molecule has 0 aliphatic heterocycles. The Morgan fingerprint density at radius 2 is 1.85 bits per heavy atom. The van der Waals surface area contributed by atoms with Crippen LogP contribution in [0.1, 0.15) is 62.5 Å². The minimum atomic E-state index is -0.257. The van der Waals surface area contributed by atoms with Crippen molar-refractivity contribution in [3.05, 3.63) is 34.1 Å². The summed E-state index contributed by atoms with van der Waals surface area (Å²) < 4.78 is 13.6. The van der Waals surface area contributed by atoms with Crippen LogP contribution in [0.4, 0.5) is 4.39 Å². The van der Waals surface area contributed by atoms with Crippen molar-refractivity contribution in [3.8, 4) is 0 Å². The molecule has 1 atom stereocenters. The minimum absolute atomic E-state index is 0.115. The van der Waals surface area contributed by atoms with E-state index >= 15 is 0 Å². The van der Waals surface area contributed by atoms with Crippen molar-refractivity contribution in [3.63, 3.8) is 0 Å². The van der Waals surface area contributed by atoms with Gasteiger partial charge in [-0.2, -0.15) is 0 Å². The van der Waals surface area contributed by atoms with E-state index in [4.69, 9.17) is 23.2 Å². The molecule has 1 unspecified atom stereocenters. The molecule has 1 aliphatic carbocycles. The standard InChI is InChI=1S/C17H23Cl2F/c1-11(2)10-17(6-4-5-7-17)16(19)13-8-12(3)15(20)9-14(13)18/h8-9,11,16H,4-7,10H2,1-3H3. The van der Waals surface area contributed by atoms with Crippen LogP contribution in [0.15, 0.2) is 12.1 Å². The quantitative estimate of drug-likeness (QED) is 0.544. The Balaban J connectivity index is 2.37. The zero-order chi connectivity index (χ0) is 14.9. The number of alkyl halides is 1. The van der Waals surface area contributed by atoms with Crippen molar-refractivity contribution in [2.75, 3.05) is 0 Å². The van der Waals surface area contributed by atoms with Crippen molar-refractivity contribution in [2.45, 2.75) is 58.3 Å². The Labute approximate surface area is 131 Å². The summed E-state index contributed by atoms with van der Waals surface area (Å²) in [6.45, 7) is 6.24. The van der Waals surface area contributed by atoms with Crippen LogP contribution in [-0.2, 0) is 0 Å². The summed E-state index contributed by atoms with van der Waals surface area (Å²) in [5.74, 6) is 0.349. The third-order valence-electron chi connectivity index (χ3n) is 4.50. The second-order valence-electron chi connectivity index (χ2n) is 6.65. The highest BCUT2D eigenvalue weighted by molar-refractivity contribution is 6.33. The van der Waals surface area contributed by atoms with Gasteiger partial charge in [-0.3, -0.25) is 0 Å². The van der Waals surface area contributed by atoms with E-state index in [1.807, 2.05) is 6.07 Å². The number of rotatable bonds is 4. The molecule has 0 radical (unpaired) electrons. The van der Waals surface area contributed by atoms with E-state index in [-0.39, 0.29) is 16.6 Å². The summed E-state index contributed by atoms with van der Waals surface area (Å²) in [7, 11) is 0. The first-order valence-electron chi connectivity index (χ1n) is 7.45. The van der Waals surface area contributed by atoms with Crippen molar-refractivity contribution in [2.24, 2.45) is 11.3 Å². The Hall–Kier alpha value is -0.270. The van der Waals surface area contributed by atoms with Gasteiger partial charge in [-0.1, -0.05) is 44.4 Å². The van der Waals surface area contributed by atoms with Crippen LogP contribution < -0.4 is 0 Å². The lowest BCUT2D eigenvalue weighted by Crippen LogP contribution is -2.25. The van der Waals surface area contributed by atoms with Gasteiger partial charge in [0, 0.05) is 5.02 Å². The molecule has 1 aliphatic rings. The van der Waals surface area contributed by atoms with Crippen molar-refractivity contribution in [1.29, 1.82) is 0 Å². The van der Waals surface area contributed by atoms with Gasteiger partial charge in [0.2, 0.25) is 0 Å². The van der Waals surface area contributed by atoms with Crippen molar-refractivity contribution < 1.29 is 4.39 Å². The van der Waals surface area contributed by atoms with Crippen LogP contribution in [0.25, 0.3) is 0 Å². The van der Waals surface area contributed by atoms with E-state index in [9.17, 15) is 4.39 Å². The normalized spacial score (nSPS) is 19.6. The number of halogens is 3. The summed E-state index contributed by atoms with van der Waals surface area (Å²) >= 11 is 13.1. The van der Waals surface area contributed by atoms with E-state index in [0.717, 1.165) is 24.8 Å². The van der Waals surface area contributed by atoms with Crippen molar-refractivity contribution in [1.82, 2.24) is 0 Å². The highest BCUT2D eigenvalue weighted by atomic mass is 35.5. The third-order valence-corrected chi connectivity index (χ3v) is 5.53. The molecule has 112 valence electrons. The molecule has 1 aromatic rings. The van der Waals surface area contributed by atoms with Gasteiger partial charge in [-0.15, -0.1) is 11.6 Å². The predicted octanol–water partition coefficient (Wildman–Crippen LogP) is 6.67. The molecule has 0 amide bonds. The number of aryl methyl sites for hydroxylation is 1. The van der Waals surface area contributed by atoms with E-state index < -0.39 is 0 Å². The highest BCUT2D eigenvalue weighted by Gasteiger charge is 2.42. The maximum Gasteiger partial charge on any atom is 0.127 e. The number of hydrogen-bond acceptors (Lipinski definition) is 0. The number of hydrogen-bond donors (Lipinski definition) is 0. The molecule has 1 saturated carbocycles. The molecular formula is C17H23Cl2F. The Bertz CT molecular complexity index is 476. The Morgan fingerprint density at radius 3 is 2.40 bits per heavy atom. The van der Waals surface area contributed by atoms with Gasteiger partial charge in [-0.25, -0.2) is 4.39 Å². The molecule has 1 aromatic carbocycles. The van der Waals surface area contributed by atoms with Crippen LogP contribution >= 0.6 is 23.2 Å². The van der Waals surface area contributed by atoms with Crippen LogP contribution in [0.3, 0.4) is 0 Å². The molecule has 3 heteroatoms. The van der Waals surface area contributed by atoms with E-state index in [0.29, 0.717) is 16.5 Å². The van der Waals surface area contributed by atoms with E-state index in [1.54, 1.807) is 6.92 Å². The smallest absolute Gasteiger partial charge is 0.127 e. The summed E-state index contributed by atoms with van der Waals surface area (Å²) in [5, 5.41) is 0.335. The molecule has 0 nitrogen and oxygen atoms in total. The molecular weight excluding hydrogens is 294 g/mol. The molecule has 0 aromatic heterocycles. The Kier molecular flexibility index (Phi) is 5.02. The van der Waals surface area contributed by atoms with Crippen LogP contribution in [-0.4, -0.2) is 0 Å². The molecule has 0 heterocycles. The molecule has 0 bridgehead atoms. The summed E-state index contributed by atoms with van der Waals surface area (Å²) in [6.07, 6.45) is 5.85. The summed E-state index contributed by atoms with van der Waals surface area (Å²) in [5.41, 5.74) is 1.63. The summed E-state index contributed by atoms with van der Waals surface area (Å²) in [6, 6.07) is 3.23. The average molecular weight is 317 g/mol. The zero-order valence-electron chi connectivity index (χ0n) is 12.5. The molecule has 20 heavy (non-hydrogen) atoms. The molecule has 0 N–H and O–H groups in total. The van der Waals surface area contributed by atoms with Gasteiger partial charge in [-0.05, 0) is 54.7 Å². The van der Waals surface area contributed by atoms with E-state index in [1.165, 1.54) is 18.9 Å². The van der Waals surface area contributed by atoms with Crippen molar-refractivity contribution >= 4 is 23.2 Å². The van der Waals surface area contributed by atoms with Gasteiger partial charge >= 0.3 is 0 Å².